The third-order valence-corrected chi connectivity index (χ3v) is 7.96. The maximum Gasteiger partial charge on any atom is 0.412 e. The summed E-state index contributed by atoms with van der Waals surface area (Å²) in [5.74, 6) is -0.638. The number of carbonyl (C=O) groups excluding carboxylic acids is 2. The molecule has 7 rings (SSSR count). The highest BCUT2D eigenvalue weighted by atomic mass is 35.5. The van der Waals surface area contributed by atoms with Crippen LogP contribution in [0, 0.1) is 0 Å². The number of aromatic hydroxyl groups is 2. The Morgan fingerprint density at radius 2 is 1.71 bits per heavy atom. The Labute approximate surface area is 278 Å². The van der Waals surface area contributed by atoms with Crippen molar-refractivity contribution >= 4 is 40.4 Å². The Morgan fingerprint density at radius 3 is 2.40 bits per heavy atom. The van der Waals surface area contributed by atoms with Crippen molar-refractivity contribution < 1.29 is 33.7 Å². The molecular formula is C33H29ClN6O8. The molecule has 0 spiro atoms. The minimum absolute atomic E-state index is 0.0238. The molecule has 2 aliphatic rings. The molecule has 3 aromatic heterocycles. The minimum atomic E-state index is -1.03. The molecule has 14 nitrogen and oxygen atoms in total. The number of fused-ring (bicyclic) bond motifs is 2. The number of ether oxygens (including phenoxy) is 2. The van der Waals surface area contributed by atoms with Crippen LogP contribution in [-0.2, 0) is 4.74 Å². The van der Waals surface area contributed by atoms with E-state index < -0.39 is 29.4 Å². The summed E-state index contributed by atoms with van der Waals surface area (Å²) in [7, 11) is 3.29. The fraction of sp³-hybridized carbons (Fsp3) is 0.212. The van der Waals surface area contributed by atoms with Crippen LogP contribution >= 0.6 is 11.6 Å². The first-order valence-electron chi connectivity index (χ1n) is 14.7. The molecule has 0 bridgehead atoms. The number of hydrogen-bond donors (Lipinski definition) is 2. The number of rotatable bonds is 4. The average Bonchev–Trinajstić information content (AvgIpc) is 3.36. The summed E-state index contributed by atoms with van der Waals surface area (Å²) < 4.78 is 16.2. The number of aromatic nitrogens is 3. The van der Waals surface area contributed by atoms with E-state index in [1.165, 1.54) is 42.7 Å². The van der Waals surface area contributed by atoms with E-state index in [0.29, 0.717) is 35.4 Å². The molecule has 2 aromatic carbocycles. The lowest BCUT2D eigenvalue weighted by Gasteiger charge is -2.33. The number of nitrogens with zero attached hydrogens (tertiary/aromatic N) is 6. The first-order valence-corrected chi connectivity index (χ1v) is 15.1. The molecule has 0 radical (unpaired) electrons. The van der Waals surface area contributed by atoms with Gasteiger partial charge < -0.3 is 33.9 Å². The molecule has 15 heteroatoms. The highest BCUT2D eigenvalue weighted by Gasteiger charge is 2.44. The van der Waals surface area contributed by atoms with Crippen LogP contribution in [-0.4, -0.2) is 87.3 Å². The van der Waals surface area contributed by atoms with Crippen molar-refractivity contribution in [2.45, 2.75) is 6.23 Å². The molecule has 2 amide bonds. The van der Waals surface area contributed by atoms with Gasteiger partial charge in [0.15, 0.2) is 22.6 Å². The monoisotopic (exact) mass is 672 g/mol. The quantitative estimate of drug-likeness (QED) is 0.275. The van der Waals surface area contributed by atoms with Gasteiger partial charge in [0.1, 0.15) is 28.2 Å². The predicted molar refractivity (Wildman–Crippen MR) is 174 cm³/mol. The highest BCUT2D eigenvalue weighted by molar-refractivity contribution is 6.30. The van der Waals surface area contributed by atoms with Crippen LogP contribution in [0.2, 0.25) is 5.02 Å². The van der Waals surface area contributed by atoms with Crippen molar-refractivity contribution in [3.8, 4) is 28.6 Å². The molecule has 5 heterocycles. The molecule has 246 valence electrons. The smallest absolute Gasteiger partial charge is 0.412 e. The van der Waals surface area contributed by atoms with Crippen molar-refractivity contribution in [1.82, 2.24) is 24.8 Å². The molecule has 1 fully saturated rings. The van der Waals surface area contributed by atoms with Gasteiger partial charge in [0.2, 0.25) is 12.0 Å². The van der Waals surface area contributed by atoms with E-state index in [1.807, 2.05) is 25.2 Å². The number of halogens is 1. The second kappa shape index (κ2) is 13.6. The van der Waals surface area contributed by atoms with Gasteiger partial charge in [0.05, 0.1) is 12.1 Å². The Kier molecular flexibility index (Phi) is 9.10. The molecule has 2 N–H and O–H groups in total. The van der Waals surface area contributed by atoms with Gasteiger partial charge in [-0.1, -0.05) is 41.9 Å². The molecule has 0 saturated carbocycles. The first-order chi connectivity index (χ1) is 23.2. The molecule has 0 unspecified atom stereocenters. The number of likely N-dealkylation sites (N-methyl/N-ethyl adjacent to an activating group) is 1. The predicted octanol–water partition coefficient (Wildman–Crippen LogP) is 4.45. The number of benzene rings is 2. The minimum Gasteiger partial charge on any atom is -0.504 e. The maximum absolute atomic E-state index is 12.8. The normalized spacial score (nSPS) is 15.9. The lowest BCUT2D eigenvalue weighted by Crippen LogP contribution is -2.48. The fourth-order valence-corrected chi connectivity index (χ4v) is 5.37. The van der Waals surface area contributed by atoms with Crippen LogP contribution in [0.5, 0.6) is 17.2 Å². The molecule has 1 atom stereocenters. The highest BCUT2D eigenvalue weighted by Crippen LogP contribution is 2.41. The molecule has 1 saturated heterocycles. The fourth-order valence-electron chi connectivity index (χ4n) is 5.26. The van der Waals surface area contributed by atoms with E-state index in [-0.39, 0.29) is 28.2 Å². The third kappa shape index (κ3) is 6.30. The number of methoxy groups -OCH3 is 1. The Morgan fingerprint density at radius 1 is 0.979 bits per heavy atom. The van der Waals surface area contributed by atoms with Crippen LogP contribution in [0.25, 0.3) is 22.3 Å². The average molecular weight is 673 g/mol. The summed E-state index contributed by atoms with van der Waals surface area (Å²) >= 11 is 5.89. The third-order valence-electron chi connectivity index (χ3n) is 7.74. The molecule has 48 heavy (non-hydrogen) atoms. The number of phenols is 2. The largest absolute Gasteiger partial charge is 0.504 e. The summed E-state index contributed by atoms with van der Waals surface area (Å²) in [5.41, 5.74) is 0.849. The summed E-state index contributed by atoms with van der Waals surface area (Å²) in [6.45, 7) is 2.64. The molecular weight excluding hydrogens is 644 g/mol. The zero-order valence-corrected chi connectivity index (χ0v) is 26.5. The van der Waals surface area contributed by atoms with Crippen molar-refractivity contribution in [3.05, 3.63) is 99.8 Å². The van der Waals surface area contributed by atoms with E-state index in [1.54, 1.807) is 29.2 Å². The number of carbonyl (C=O) groups is 2. The number of piperazine rings is 1. The molecule has 0 aliphatic carbocycles. The number of anilines is 1. The summed E-state index contributed by atoms with van der Waals surface area (Å²) in [6.07, 6.45) is 2.78. The Balaban J connectivity index is 0.000000173. The zero-order chi connectivity index (χ0) is 33.9. The van der Waals surface area contributed by atoms with Crippen molar-refractivity contribution in [1.29, 1.82) is 0 Å². The molecule has 5 aromatic rings. The second-order valence-electron chi connectivity index (χ2n) is 10.8. The molecule has 2 aliphatic heterocycles. The lowest BCUT2D eigenvalue weighted by molar-refractivity contribution is 0.0476. The van der Waals surface area contributed by atoms with Crippen LogP contribution in [0.1, 0.15) is 22.4 Å². The van der Waals surface area contributed by atoms with E-state index in [2.05, 4.69) is 19.9 Å². The van der Waals surface area contributed by atoms with Gasteiger partial charge in [-0.25, -0.2) is 19.7 Å². The van der Waals surface area contributed by atoms with Gasteiger partial charge in [-0.15, -0.1) is 0 Å². The van der Waals surface area contributed by atoms with E-state index in [0.717, 1.165) is 18.7 Å². The van der Waals surface area contributed by atoms with Gasteiger partial charge >= 0.3 is 6.09 Å². The summed E-state index contributed by atoms with van der Waals surface area (Å²) in [4.78, 5) is 55.2. The van der Waals surface area contributed by atoms with Gasteiger partial charge in [-0.3, -0.25) is 14.6 Å². The number of hydrogen-bond acceptors (Lipinski definition) is 12. The van der Waals surface area contributed by atoms with Crippen molar-refractivity contribution in [2.75, 3.05) is 45.2 Å². The van der Waals surface area contributed by atoms with Crippen LogP contribution < -0.4 is 15.1 Å². The Hall–Kier alpha value is -5.73. The first kappa shape index (κ1) is 32.2. The van der Waals surface area contributed by atoms with Crippen molar-refractivity contribution in [2.24, 2.45) is 0 Å². The van der Waals surface area contributed by atoms with Gasteiger partial charge in [0.25, 0.3) is 5.91 Å². The van der Waals surface area contributed by atoms with E-state index >= 15 is 0 Å². The van der Waals surface area contributed by atoms with E-state index in [9.17, 15) is 24.6 Å². The van der Waals surface area contributed by atoms with Crippen LogP contribution in [0.15, 0.2) is 82.4 Å². The van der Waals surface area contributed by atoms with Gasteiger partial charge in [-0.05, 0) is 19.2 Å². The van der Waals surface area contributed by atoms with Crippen LogP contribution in [0.4, 0.5) is 10.6 Å². The van der Waals surface area contributed by atoms with E-state index in [4.69, 9.17) is 25.5 Å². The lowest BCUT2D eigenvalue weighted by atomic mass is 10.1. The number of amides is 2. The SMILES string of the molecule is CN1CCN(C(=O)O[C@H]2c3nccnc3C(=O)N2c2ccc(Cl)cn2)CC1.COc1c(O)cc2oc(-c3ccccc3)cc(=O)c2c1O. The topological polar surface area (TPSA) is 172 Å². The Bertz CT molecular complexity index is 2030. The summed E-state index contributed by atoms with van der Waals surface area (Å²) in [6, 6.07) is 14.8. The number of pyridine rings is 1. The van der Waals surface area contributed by atoms with Crippen molar-refractivity contribution in [3.63, 3.8) is 0 Å². The number of phenolic OH excluding ortho intramolecular Hbond substituents is 2. The van der Waals surface area contributed by atoms with Gasteiger partial charge in [0, 0.05) is 62.5 Å². The summed E-state index contributed by atoms with van der Waals surface area (Å²) in [5, 5.41) is 20.2. The standard InChI is InChI=1S/C17H17ClN6O3.C16H12O5/c1-22-6-8-23(9-7-22)17(26)27-16-14-13(19-4-5-20-14)15(25)24(16)12-3-2-11(18)10-21-12;1-20-16-11(18)8-13-14(15(16)19)10(17)7-12(21-13)9-5-3-2-4-6-9/h2-5,10,16H,6-9H2,1H3;2-8,18-19H,1H3/t16-;/m0./s1. The second-order valence-corrected chi connectivity index (χ2v) is 11.3. The zero-order valence-electron chi connectivity index (χ0n) is 25.7. The van der Waals surface area contributed by atoms with Crippen LogP contribution in [0.3, 0.4) is 0 Å². The maximum atomic E-state index is 12.8. The van der Waals surface area contributed by atoms with Gasteiger partial charge in [-0.2, -0.15) is 0 Å².